The molecule has 0 unspecified atom stereocenters. The van der Waals surface area contributed by atoms with E-state index < -0.39 is 12.0 Å². The summed E-state index contributed by atoms with van der Waals surface area (Å²) in [6, 6.07) is 0. The number of rotatable bonds is 5. The van der Waals surface area contributed by atoms with Crippen molar-refractivity contribution in [3.8, 4) is 0 Å². The van der Waals surface area contributed by atoms with Crippen LogP contribution in [-0.4, -0.2) is 24.3 Å². The third-order valence-electron chi connectivity index (χ3n) is 2.38. The highest BCUT2D eigenvalue weighted by Crippen LogP contribution is 2.19. The summed E-state index contributed by atoms with van der Waals surface area (Å²) in [5, 5.41) is 9.87. The maximum atomic E-state index is 11.5. The van der Waals surface area contributed by atoms with Crippen molar-refractivity contribution in [3.05, 3.63) is 11.6 Å². The Morgan fingerprint density at radius 3 is 2.27 bits per heavy atom. The van der Waals surface area contributed by atoms with Gasteiger partial charge in [0.05, 0.1) is 19.1 Å². The smallest absolute Gasteiger partial charge is 0.311 e. The second kappa shape index (κ2) is 6.62. The van der Waals surface area contributed by atoms with E-state index in [0.29, 0.717) is 6.42 Å². The molecule has 0 spiro atoms. The fourth-order valence-corrected chi connectivity index (χ4v) is 1.35. The van der Waals surface area contributed by atoms with E-state index in [1.165, 1.54) is 7.11 Å². The number of carbonyl (C=O) groups is 1. The van der Waals surface area contributed by atoms with Crippen LogP contribution in [0.2, 0.25) is 0 Å². The molecule has 0 rings (SSSR count). The van der Waals surface area contributed by atoms with Crippen LogP contribution in [0, 0.1) is 11.8 Å². The quantitative estimate of drug-likeness (QED) is 0.563. The summed E-state index contributed by atoms with van der Waals surface area (Å²) in [4.78, 5) is 11.5. The van der Waals surface area contributed by atoms with Crippen molar-refractivity contribution in [1.29, 1.82) is 0 Å². The number of allylic oxidation sites excluding steroid dienone is 2. The molecule has 2 atom stereocenters. The Hall–Kier alpha value is -0.830. The average molecular weight is 214 g/mol. The molecular weight excluding hydrogens is 192 g/mol. The van der Waals surface area contributed by atoms with Crippen LogP contribution in [0.4, 0.5) is 0 Å². The molecule has 0 heterocycles. The lowest BCUT2D eigenvalue weighted by atomic mass is 9.90. The van der Waals surface area contributed by atoms with Crippen molar-refractivity contribution in [2.45, 2.75) is 40.2 Å². The van der Waals surface area contributed by atoms with E-state index in [1.807, 2.05) is 33.8 Å². The maximum Gasteiger partial charge on any atom is 0.311 e. The van der Waals surface area contributed by atoms with Gasteiger partial charge in [-0.3, -0.25) is 4.79 Å². The van der Waals surface area contributed by atoms with Gasteiger partial charge in [0.25, 0.3) is 0 Å². The summed E-state index contributed by atoms with van der Waals surface area (Å²) in [6.45, 7) is 7.72. The number of methoxy groups -OCH3 is 1. The molecule has 0 fully saturated rings. The third kappa shape index (κ3) is 4.98. The van der Waals surface area contributed by atoms with Gasteiger partial charge in [-0.05, 0) is 26.2 Å². The first-order chi connectivity index (χ1) is 6.90. The number of aliphatic hydroxyl groups excluding tert-OH is 1. The van der Waals surface area contributed by atoms with Gasteiger partial charge in [-0.15, -0.1) is 0 Å². The monoisotopic (exact) mass is 214 g/mol. The van der Waals surface area contributed by atoms with Gasteiger partial charge in [0.15, 0.2) is 0 Å². The first-order valence-corrected chi connectivity index (χ1v) is 5.29. The predicted octanol–water partition coefficient (Wildman–Crippen LogP) is 2.15. The Labute approximate surface area is 92.1 Å². The molecule has 0 radical (unpaired) electrons. The normalized spacial score (nSPS) is 14.6. The Balaban J connectivity index is 4.58. The van der Waals surface area contributed by atoms with Gasteiger partial charge in [0.2, 0.25) is 0 Å². The number of aliphatic hydroxyl groups is 1. The lowest BCUT2D eigenvalue weighted by Crippen LogP contribution is -2.32. The van der Waals surface area contributed by atoms with Crippen molar-refractivity contribution in [2.75, 3.05) is 7.11 Å². The summed E-state index contributed by atoms with van der Waals surface area (Å²) in [7, 11) is 1.35. The number of esters is 1. The molecular formula is C12H22O3. The average Bonchev–Trinajstić information content (AvgIpc) is 2.16. The van der Waals surface area contributed by atoms with Crippen LogP contribution in [0.1, 0.15) is 34.1 Å². The number of hydrogen-bond acceptors (Lipinski definition) is 3. The van der Waals surface area contributed by atoms with E-state index in [2.05, 4.69) is 4.74 Å². The number of ether oxygens (including phenoxy) is 1. The van der Waals surface area contributed by atoms with Crippen LogP contribution in [0.15, 0.2) is 11.6 Å². The molecule has 0 aliphatic heterocycles. The molecule has 0 bridgehead atoms. The highest BCUT2D eigenvalue weighted by atomic mass is 16.5. The Kier molecular flexibility index (Phi) is 6.25. The standard InChI is InChI=1S/C12H22O3/c1-8(2)6-7-10(12(14)15-5)11(13)9(3)4/h6,9-11,13H,7H2,1-5H3/t10-,11-/m1/s1. The van der Waals surface area contributed by atoms with E-state index in [9.17, 15) is 9.90 Å². The van der Waals surface area contributed by atoms with Crippen molar-refractivity contribution < 1.29 is 14.6 Å². The van der Waals surface area contributed by atoms with Crippen LogP contribution in [-0.2, 0) is 9.53 Å². The molecule has 15 heavy (non-hydrogen) atoms. The fraction of sp³-hybridized carbons (Fsp3) is 0.750. The highest BCUT2D eigenvalue weighted by molar-refractivity contribution is 5.73. The minimum atomic E-state index is -0.645. The van der Waals surface area contributed by atoms with E-state index in [4.69, 9.17) is 0 Å². The van der Waals surface area contributed by atoms with Crippen LogP contribution >= 0.6 is 0 Å². The molecule has 0 aromatic rings. The van der Waals surface area contributed by atoms with Crippen molar-refractivity contribution in [1.82, 2.24) is 0 Å². The summed E-state index contributed by atoms with van der Waals surface area (Å²) in [5.41, 5.74) is 1.14. The van der Waals surface area contributed by atoms with Gasteiger partial charge in [0.1, 0.15) is 0 Å². The zero-order valence-electron chi connectivity index (χ0n) is 10.3. The van der Waals surface area contributed by atoms with E-state index in [0.717, 1.165) is 5.57 Å². The molecule has 0 aliphatic rings. The molecule has 0 amide bonds. The maximum absolute atomic E-state index is 11.5. The van der Waals surface area contributed by atoms with Gasteiger partial charge in [-0.2, -0.15) is 0 Å². The van der Waals surface area contributed by atoms with Crippen LogP contribution in [0.5, 0.6) is 0 Å². The van der Waals surface area contributed by atoms with Gasteiger partial charge in [0, 0.05) is 0 Å². The van der Waals surface area contributed by atoms with Crippen LogP contribution in [0.25, 0.3) is 0 Å². The number of carbonyl (C=O) groups excluding carboxylic acids is 1. The van der Waals surface area contributed by atoms with E-state index in [1.54, 1.807) is 0 Å². The first kappa shape index (κ1) is 14.2. The minimum absolute atomic E-state index is 0.0552. The summed E-state index contributed by atoms with van der Waals surface area (Å²) in [6.07, 6.45) is 1.84. The summed E-state index contributed by atoms with van der Waals surface area (Å²) < 4.78 is 4.69. The second-order valence-corrected chi connectivity index (χ2v) is 4.38. The molecule has 3 heteroatoms. The second-order valence-electron chi connectivity index (χ2n) is 4.38. The Bertz CT molecular complexity index is 227. The molecule has 1 N–H and O–H groups in total. The fourth-order valence-electron chi connectivity index (χ4n) is 1.35. The molecule has 0 aromatic heterocycles. The first-order valence-electron chi connectivity index (χ1n) is 5.29. The van der Waals surface area contributed by atoms with Crippen molar-refractivity contribution >= 4 is 5.97 Å². The molecule has 0 saturated heterocycles. The molecule has 0 saturated carbocycles. The van der Waals surface area contributed by atoms with E-state index in [-0.39, 0.29) is 11.9 Å². The van der Waals surface area contributed by atoms with Crippen LogP contribution < -0.4 is 0 Å². The van der Waals surface area contributed by atoms with Gasteiger partial charge >= 0.3 is 5.97 Å². The van der Waals surface area contributed by atoms with Crippen molar-refractivity contribution in [2.24, 2.45) is 11.8 Å². The molecule has 0 aromatic carbocycles. The minimum Gasteiger partial charge on any atom is -0.469 e. The summed E-state index contributed by atoms with van der Waals surface area (Å²) in [5.74, 6) is -0.738. The molecule has 88 valence electrons. The van der Waals surface area contributed by atoms with E-state index >= 15 is 0 Å². The highest BCUT2D eigenvalue weighted by Gasteiger charge is 2.28. The lowest BCUT2D eigenvalue weighted by molar-refractivity contribution is -0.150. The third-order valence-corrected chi connectivity index (χ3v) is 2.38. The SMILES string of the molecule is COC(=O)[C@H](CC=C(C)C)[C@H](O)C(C)C. The van der Waals surface area contributed by atoms with Crippen molar-refractivity contribution in [3.63, 3.8) is 0 Å². The predicted molar refractivity (Wildman–Crippen MR) is 60.4 cm³/mol. The van der Waals surface area contributed by atoms with Crippen LogP contribution in [0.3, 0.4) is 0 Å². The van der Waals surface area contributed by atoms with Gasteiger partial charge in [-0.25, -0.2) is 0 Å². The van der Waals surface area contributed by atoms with Gasteiger partial charge in [-0.1, -0.05) is 25.5 Å². The number of hydrogen-bond donors (Lipinski definition) is 1. The van der Waals surface area contributed by atoms with Gasteiger partial charge < -0.3 is 9.84 Å². The zero-order valence-corrected chi connectivity index (χ0v) is 10.3. The summed E-state index contributed by atoms with van der Waals surface area (Å²) >= 11 is 0. The largest absolute Gasteiger partial charge is 0.469 e. The lowest BCUT2D eigenvalue weighted by Gasteiger charge is -2.22. The topological polar surface area (TPSA) is 46.5 Å². The zero-order chi connectivity index (χ0) is 12.0. The Morgan fingerprint density at radius 1 is 1.40 bits per heavy atom. The Morgan fingerprint density at radius 2 is 1.93 bits per heavy atom. The molecule has 3 nitrogen and oxygen atoms in total. The molecule has 0 aliphatic carbocycles.